The Morgan fingerprint density at radius 2 is 2.14 bits per heavy atom. The maximum absolute atomic E-state index is 13.0. The van der Waals surface area contributed by atoms with Crippen LogP contribution in [0.15, 0.2) is 24.4 Å². The number of piperidine rings is 1. The van der Waals surface area contributed by atoms with Crippen LogP contribution in [0.1, 0.15) is 25.5 Å². The van der Waals surface area contributed by atoms with E-state index in [1.165, 1.54) is 11.2 Å². The molecule has 0 aromatic carbocycles. The minimum atomic E-state index is -4.03. The summed E-state index contributed by atoms with van der Waals surface area (Å²) in [5.74, 6) is -1.61. The van der Waals surface area contributed by atoms with Crippen LogP contribution in [-0.2, 0) is 26.2 Å². The van der Waals surface area contributed by atoms with E-state index in [4.69, 9.17) is 0 Å². The van der Waals surface area contributed by atoms with Crippen molar-refractivity contribution >= 4 is 27.9 Å². The number of carbonyl (C=O) groups excluding carboxylic acids is 3. The normalized spacial score (nSPS) is 26.2. The minimum absolute atomic E-state index is 0.000825. The van der Waals surface area contributed by atoms with Gasteiger partial charge in [0.15, 0.2) is 5.25 Å². The van der Waals surface area contributed by atoms with Crippen molar-refractivity contribution in [3.05, 3.63) is 30.1 Å². The molecule has 3 atom stereocenters. The lowest BCUT2D eigenvalue weighted by atomic mass is 9.99. The Balaban J connectivity index is 1.65. The van der Waals surface area contributed by atoms with E-state index in [1.54, 1.807) is 18.3 Å². The molecule has 11 heteroatoms. The van der Waals surface area contributed by atoms with Gasteiger partial charge in [-0.2, -0.15) is 0 Å². The second-order valence-corrected chi connectivity index (χ2v) is 9.01. The summed E-state index contributed by atoms with van der Waals surface area (Å²) in [4.78, 5) is 40.1. The molecule has 2 aliphatic rings. The molecule has 0 aliphatic carbocycles. The number of hydrogen-bond acceptors (Lipinski definition) is 6. The zero-order valence-corrected chi connectivity index (χ0v) is 16.2. The lowest BCUT2D eigenvalue weighted by Crippen LogP contribution is -2.65. The summed E-state index contributed by atoms with van der Waals surface area (Å²) in [6, 6.07) is 3.81. The van der Waals surface area contributed by atoms with E-state index in [9.17, 15) is 22.8 Å². The van der Waals surface area contributed by atoms with Crippen molar-refractivity contribution in [2.24, 2.45) is 5.92 Å². The van der Waals surface area contributed by atoms with Crippen molar-refractivity contribution in [2.45, 2.75) is 37.6 Å². The van der Waals surface area contributed by atoms with Crippen molar-refractivity contribution in [1.29, 1.82) is 0 Å². The molecular weight excluding hydrogens is 386 g/mol. The van der Waals surface area contributed by atoms with E-state index >= 15 is 0 Å². The lowest BCUT2D eigenvalue weighted by molar-refractivity contribution is -0.126. The number of nitrogens with one attached hydrogen (secondary N) is 3. The van der Waals surface area contributed by atoms with Gasteiger partial charge in [0.1, 0.15) is 0 Å². The Hall–Kier alpha value is -2.53. The highest BCUT2D eigenvalue weighted by atomic mass is 32.2. The average molecular weight is 409 g/mol. The van der Waals surface area contributed by atoms with E-state index in [1.807, 2.05) is 11.4 Å². The van der Waals surface area contributed by atoms with Gasteiger partial charge in [0, 0.05) is 19.3 Å². The number of rotatable bonds is 5. The van der Waals surface area contributed by atoms with Gasteiger partial charge in [-0.15, -0.1) is 0 Å². The third kappa shape index (κ3) is 4.30. The Bertz CT molecular complexity index is 860. The fourth-order valence-corrected chi connectivity index (χ4v) is 5.50. The smallest absolute Gasteiger partial charge is 0.321 e. The summed E-state index contributed by atoms with van der Waals surface area (Å²) in [5, 5.41) is 5.78. The summed E-state index contributed by atoms with van der Waals surface area (Å²) in [6.45, 7) is 1.97. The first-order chi connectivity index (χ1) is 13.3. The fourth-order valence-electron chi connectivity index (χ4n) is 3.49. The highest BCUT2D eigenvalue weighted by Crippen LogP contribution is 2.24. The van der Waals surface area contributed by atoms with Crippen LogP contribution in [0.4, 0.5) is 4.79 Å². The molecule has 2 saturated heterocycles. The zero-order valence-electron chi connectivity index (χ0n) is 15.4. The molecule has 1 aromatic heterocycles. The van der Waals surface area contributed by atoms with Crippen molar-refractivity contribution in [1.82, 2.24) is 25.2 Å². The summed E-state index contributed by atoms with van der Waals surface area (Å²) in [7, 11) is -4.03. The number of pyridine rings is 1. The van der Waals surface area contributed by atoms with Crippen LogP contribution in [0, 0.1) is 5.92 Å². The highest BCUT2D eigenvalue weighted by molar-refractivity contribution is 7.90. The quantitative estimate of drug-likeness (QED) is 0.590. The monoisotopic (exact) mass is 409 g/mol. The Labute approximate surface area is 163 Å². The molecule has 0 spiro atoms. The molecule has 3 rings (SSSR count). The molecule has 1 aromatic rings. The second kappa shape index (κ2) is 8.23. The Morgan fingerprint density at radius 3 is 2.82 bits per heavy atom. The Morgan fingerprint density at radius 1 is 1.36 bits per heavy atom. The summed E-state index contributed by atoms with van der Waals surface area (Å²) < 4.78 is 27.2. The minimum Gasteiger partial charge on any atom is -0.350 e. The summed E-state index contributed by atoms with van der Waals surface area (Å²) >= 11 is 0. The molecule has 4 amide bonds. The molecule has 3 N–H and O–H groups in total. The molecule has 152 valence electrons. The van der Waals surface area contributed by atoms with E-state index in [0.717, 1.165) is 0 Å². The number of urea groups is 1. The number of sulfonamides is 1. The van der Waals surface area contributed by atoms with Gasteiger partial charge < -0.3 is 10.6 Å². The molecule has 3 heterocycles. The van der Waals surface area contributed by atoms with Crippen LogP contribution < -0.4 is 16.0 Å². The van der Waals surface area contributed by atoms with Crippen LogP contribution in [0.2, 0.25) is 0 Å². The molecule has 2 aliphatic heterocycles. The van der Waals surface area contributed by atoms with E-state index in [2.05, 4.69) is 15.6 Å². The van der Waals surface area contributed by atoms with Crippen molar-refractivity contribution in [3.8, 4) is 0 Å². The third-order valence-corrected chi connectivity index (χ3v) is 7.23. The fraction of sp³-hybridized carbons (Fsp3) is 0.529. The van der Waals surface area contributed by atoms with Gasteiger partial charge >= 0.3 is 6.03 Å². The second-order valence-electron chi connectivity index (χ2n) is 6.95. The summed E-state index contributed by atoms with van der Waals surface area (Å²) in [6.07, 6.45) is 2.70. The molecule has 0 saturated carbocycles. The maximum atomic E-state index is 13.0. The maximum Gasteiger partial charge on any atom is 0.321 e. The highest BCUT2D eigenvalue weighted by Gasteiger charge is 2.46. The number of hydrogen-bond donors (Lipinski definition) is 3. The van der Waals surface area contributed by atoms with Gasteiger partial charge in [0.2, 0.25) is 21.8 Å². The number of nitrogens with zero attached hydrogens (tertiary/aromatic N) is 2. The first-order valence-corrected chi connectivity index (χ1v) is 10.6. The van der Waals surface area contributed by atoms with Crippen molar-refractivity contribution < 1.29 is 22.8 Å². The van der Waals surface area contributed by atoms with E-state index < -0.39 is 39.2 Å². The SMILES string of the molecule is CC1NC(=O)NC(=O)C1S(=O)(=O)N1CCCC(C(=O)NCc2ccccn2)C1. The number of aromatic nitrogens is 1. The predicted octanol–water partition coefficient (Wildman–Crippen LogP) is -0.664. The zero-order chi connectivity index (χ0) is 20.3. The number of amides is 4. The van der Waals surface area contributed by atoms with Crippen molar-refractivity contribution in [3.63, 3.8) is 0 Å². The van der Waals surface area contributed by atoms with Gasteiger partial charge in [-0.1, -0.05) is 6.07 Å². The topological polar surface area (TPSA) is 138 Å². The first kappa shape index (κ1) is 20.2. The Kier molecular flexibility index (Phi) is 5.94. The standard InChI is InChI=1S/C17H23N5O5S/c1-11-14(16(24)21-17(25)20-11)28(26,27)22-8-4-5-12(10-22)15(23)19-9-13-6-2-3-7-18-13/h2-3,6-7,11-12,14H,4-5,8-10H2,1H3,(H,19,23)(H2,20,21,24,25). The van der Waals surface area contributed by atoms with Crippen molar-refractivity contribution in [2.75, 3.05) is 13.1 Å². The van der Waals surface area contributed by atoms with Crippen LogP contribution in [0.25, 0.3) is 0 Å². The molecule has 28 heavy (non-hydrogen) atoms. The van der Waals surface area contributed by atoms with Crippen LogP contribution >= 0.6 is 0 Å². The van der Waals surface area contributed by atoms with E-state index in [0.29, 0.717) is 18.5 Å². The predicted molar refractivity (Wildman–Crippen MR) is 99.2 cm³/mol. The van der Waals surface area contributed by atoms with Crippen LogP contribution in [0.5, 0.6) is 0 Å². The van der Waals surface area contributed by atoms with Gasteiger partial charge in [-0.25, -0.2) is 17.5 Å². The number of carbonyl (C=O) groups is 3. The first-order valence-electron chi connectivity index (χ1n) is 9.07. The molecule has 3 unspecified atom stereocenters. The summed E-state index contributed by atoms with van der Waals surface area (Å²) in [5.41, 5.74) is 0.708. The lowest BCUT2D eigenvalue weighted by Gasteiger charge is -2.36. The van der Waals surface area contributed by atoms with E-state index in [-0.39, 0.29) is 25.5 Å². The molecule has 10 nitrogen and oxygen atoms in total. The van der Waals surface area contributed by atoms with Crippen LogP contribution in [0.3, 0.4) is 0 Å². The molecular formula is C17H23N5O5S. The van der Waals surface area contributed by atoms with Crippen LogP contribution in [-0.4, -0.2) is 59.9 Å². The number of imide groups is 1. The third-order valence-electron chi connectivity index (χ3n) is 4.91. The van der Waals surface area contributed by atoms with Gasteiger partial charge in [-0.05, 0) is 31.9 Å². The average Bonchev–Trinajstić information content (AvgIpc) is 2.66. The van der Waals surface area contributed by atoms with Gasteiger partial charge in [-0.3, -0.25) is 19.9 Å². The molecule has 2 fully saturated rings. The van der Waals surface area contributed by atoms with Gasteiger partial charge in [0.25, 0.3) is 0 Å². The molecule has 0 bridgehead atoms. The molecule has 0 radical (unpaired) electrons. The van der Waals surface area contributed by atoms with Gasteiger partial charge in [0.05, 0.1) is 24.2 Å². The largest absolute Gasteiger partial charge is 0.350 e.